The van der Waals surface area contributed by atoms with Crippen molar-refractivity contribution in [2.75, 3.05) is 40.0 Å². The summed E-state index contributed by atoms with van der Waals surface area (Å²) in [6, 6.07) is 6.93. The molecule has 9 heteroatoms. The zero-order chi connectivity index (χ0) is 21.3. The third-order valence-electron chi connectivity index (χ3n) is 5.22. The van der Waals surface area contributed by atoms with Crippen LogP contribution >= 0.6 is 11.6 Å². The molecule has 5 heterocycles. The highest BCUT2D eigenvalue weighted by molar-refractivity contribution is 6.30. The quantitative estimate of drug-likeness (QED) is 0.736. The fraction of sp³-hybridized carbons (Fsp3) is 0.524. The van der Waals surface area contributed by atoms with E-state index in [2.05, 4.69) is 24.6 Å². The molecule has 0 aliphatic carbocycles. The van der Waals surface area contributed by atoms with E-state index in [4.69, 9.17) is 16.3 Å². The Morgan fingerprint density at radius 2 is 1.47 bits per heavy atom. The Labute approximate surface area is 182 Å². The second-order valence-electron chi connectivity index (χ2n) is 9.08. The molecule has 4 fully saturated rings. The molecule has 1 atom stereocenters. The summed E-state index contributed by atoms with van der Waals surface area (Å²) in [6.07, 6.45) is 4.17. The number of benzene rings is 1. The van der Waals surface area contributed by atoms with Crippen LogP contribution in [0.5, 0.6) is 5.75 Å². The van der Waals surface area contributed by atoms with E-state index in [0.717, 1.165) is 0 Å². The molecular weight excluding hydrogens is 404 g/mol. The second-order valence-corrected chi connectivity index (χ2v) is 9.52. The van der Waals surface area contributed by atoms with Crippen LogP contribution in [0.2, 0.25) is 5.02 Å². The van der Waals surface area contributed by atoms with E-state index < -0.39 is 11.6 Å². The van der Waals surface area contributed by atoms with Crippen molar-refractivity contribution in [3.63, 3.8) is 0 Å². The Bertz CT molecular complexity index is 793. The Morgan fingerprint density at radius 1 is 0.967 bits per heavy atom. The molecule has 1 aromatic carbocycles. The highest BCUT2D eigenvalue weighted by atomic mass is 35.5. The number of carbonyl (C=O) groups excluding carboxylic acids is 1. The number of ether oxygens (including phenoxy) is 1. The Kier molecular flexibility index (Phi) is 6.13. The van der Waals surface area contributed by atoms with Gasteiger partial charge in [-0.2, -0.15) is 0 Å². The van der Waals surface area contributed by atoms with E-state index in [-0.39, 0.29) is 5.78 Å². The van der Waals surface area contributed by atoms with Crippen molar-refractivity contribution in [1.29, 1.82) is 0 Å². The van der Waals surface area contributed by atoms with Crippen molar-refractivity contribution in [3.8, 4) is 5.75 Å². The number of aromatic nitrogens is 2. The van der Waals surface area contributed by atoms with Crippen molar-refractivity contribution in [1.82, 2.24) is 29.2 Å². The molecule has 6 rings (SSSR count). The maximum absolute atomic E-state index is 12.5. The molecule has 8 nitrogen and oxygen atoms in total. The molecule has 162 valence electrons. The predicted octanol–water partition coefficient (Wildman–Crippen LogP) is 2.71. The highest BCUT2D eigenvalue weighted by Gasteiger charge is 2.36. The van der Waals surface area contributed by atoms with Gasteiger partial charge in [0.25, 0.3) is 0 Å². The van der Waals surface area contributed by atoms with Gasteiger partial charge in [-0.3, -0.25) is 29.0 Å². The molecule has 30 heavy (non-hydrogen) atoms. The topological polar surface area (TPSA) is 57.1 Å². The fourth-order valence-corrected chi connectivity index (χ4v) is 4.03. The molecule has 0 amide bonds. The Hall–Kier alpha value is -1.97. The van der Waals surface area contributed by atoms with E-state index in [1.807, 2.05) is 20.8 Å². The van der Waals surface area contributed by atoms with Crippen LogP contribution in [0.15, 0.2) is 43.0 Å². The lowest BCUT2D eigenvalue weighted by Gasteiger charge is -2.56. The third kappa shape index (κ3) is 5.01. The van der Waals surface area contributed by atoms with Gasteiger partial charge < -0.3 is 4.74 Å². The summed E-state index contributed by atoms with van der Waals surface area (Å²) >= 11 is 5.85. The molecule has 4 bridgehead atoms. The summed E-state index contributed by atoms with van der Waals surface area (Å²) in [7, 11) is 0. The molecular formula is C21H29ClN6O2. The minimum atomic E-state index is -0.737. The molecule has 1 unspecified atom stereocenters. The third-order valence-corrected chi connectivity index (χ3v) is 5.47. The van der Waals surface area contributed by atoms with Crippen LogP contribution < -0.4 is 4.74 Å². The fourth-order valence-electron chi connectivity index (χ4n) is 3.90. The zero-order valence-electron chi connectivity index (χ0n) is 17.7. The van der Waals surface area contributed by atoms with Gasteiger partial charge in [0.2, 0.25) is 6.23 Å². The Balaban J connectivity index is 0.000000178. The van der Waals surface area contributed by atoms with E-state index >= 15 is 0 Å². The number of nitrogens with zero attached hydrogens (tertiary/aromatic N) is 6. The molecule has 0 spiro atoms. The van der Waals surface area contributed by atoms with Gasteiger partial charge in [0, 0.05) is 22.8 Å². The van der Waals surface area contributed by atoms with Crippen molar-refractivity contribution >= 4 is 17.4 Å². The summed E-state index contributed by atoms with van der Waals surface area (Å²) in [5.41, 5.74) is -0.513. The summed E-state index contributed by atoms with van der Waals surface area (Å²) in [4.78, 5) is 26.4. The number of halogens is 1. The number of hydrogen-bond donors (Lipinski definition) is 0. The lowest BCUT2D eigenvalue weighted by molar-refractivity contribution is -0.194. The van der Waals surface area contributed by atoms with Crippen LogP contribution in [0.25, 0.3) is 0 Å². The van der Waals surface area contributed by atoms with Crippen LogP contribution in [-0.4, -0.2) is 74.9 Å². The first-order valence-electron chi connectivity index (χ1n) is 10.1. The molecule has 0 N–H and O–H groups in total. The maximum atomic E-state index is 12.5. The van der Waals surface area contributed by atoms with Crippen LogP contribution in [0.1, 0.15) is 27.0 Å². The summed E-state index contributed by atoms with van der Waals surface area (Å²) in [5, 5.41) is 0.624. The monoisotopic (exact) mass is 432 g/mol. The molecule has 0 radical (unpaired) electrons. The van der Waals surface area contributed by atoms with Gasteiger partial charge in [0.05, 0.1) is 46.3 Å². The number of rotatable bonds is 4. The zero-order valence-corrected chi connectivity index (χ0v) is 18.5. The number of imidazole rings is 1. The summed E-state index contributed by atoms with van der Waals surface area (Å²) < 4.78 is 7.47. The standard InChI is InChI=1S/C15H17ClN2O2.C6H12N4/c1-15(2,3)13(19)14(18-9-8-17-10-18)20-12-6-4-11(16)5-7-12;1-7-2-9-4-8(1)5-10(3-7)6-9/h4-10,14H,1-3H3;1-6H2. The van der Waals surface area contributed by atoms with E-state index in [1.54, 1.807) is 47.6 Å². The van der Waals surface area contributed by atoms with Crippen LogP contribution in [0, 0.1) is 5.41 Å². The molecule has 4 aliphatic heterocycles. The van der Waals surface area contributed by atoms with Gasteiger partial charge in [-0.05, 0) is 24.3 Å². The largest absolute Gasteiger partial charge is 0.463 e. The van der Waals surface area contributed by atoms with Gasteiger partial charge in [-0.25, -0.2) is 4.98 Å². The molecule has 1 aromatic heterocycles. The highest BCUT2D eigenvalue weighted by Crippen LogP contribution is 2.27. The summed E-state index contributed by atoms with van der Waals surface area (Å²) in [6.45, 7) is 12.7. The van der Waals surface area contributed by atoms with Gasteiger partial charge in [0.1, 0.15) is 5.75 Å². The van der Waals surface area contributed by atoms with E-state index in [9.17, 15) is 4.79 Å². The molecule has 0 saturated carbocycles. The minimum absolute atomic E-state index is 0.0227. The predicted molar refractivity (Wildman–Crippen MR) is 114 cm³/mol. The molecule has 4 saturated heterocycles. The van der Waals surface area contributed by atoms with Crippen LogP contribution in [0.4, 0.5) is 0 Å². The van der Waals surface area contributed by atoms with Crippen molar-refractivity contribution < 1.29 is 9.53 Å². The SMILES string of the molecule is C1N2CN3CN1CN(C2)C3.CC(C)(C)C(=O)C(Oc1ccc(Cl)cc1)n1ccnc1. The normalized spacial score (nSPS) is 27.9. The van der Waals surface area contributed by atoms with Crippen LogP contribution in [-0.2, 0) is 4.79 Å². The average molecular weight is 433 g/mol. The lowest BCUT2D eigenvalue weighted by Crippen LogP contribution is -2.71. The second kappa shape index (κ2) is 8.64. The first-order valence-corrected chi connectivity index (χ1v) is 10.5. The number of carbonyl (C=O) groups is 1. The maximum Gasteiger partial charge on any atom is 0.236 e. The van der Waals surface area contributed by atoms with Crippen molar-refractivity contribution in [3.05, 3.63) is 48.0 Å². The van der Waals surface area contributed by atoms with E-state index in [0.29, 0.717) is 10.8 Å². The first kappa shape index (κ1) is 21.3. The number of hydrogen-bond acceptors (Lipinski definition) is 7. The lowest BCUT2D eigenvalue weighted by atomic mass is 9.89. The smallest absolute Gasteiger partial charge is 0.236 e. The van der Waals surface area contributed by atoms with Crippen molar-refractivity contribution in [2.45, 2.75) is 27.0 Å². The van der Waals surface area contributed by atoms with Crippen molar-refractivity contribution in [2.24, 2.45) is 5.41 Å². The number of Topliss-reactive ketones (excluding diaryl/α,β-unsaturated/α-hetero) is 1. The summed E-state index contributed by atoms with van der Waals surface area (Å²) in [5.74, 6) is 0.566. The number of ketones is 1. The minimum Gasteiger partial charge on any atom is -0.463 e. The van der Waals surface area contributed by atoms with Gasteiger partial charge >= 0.3 is 0 Å². The molecule has 2 aromatic rings. The van der Waals surface area contributed by atoms with E-state index in [1.165, 1.54) is 40.0 Å². The van der Waals surface area contributed by atoms with Crippen LogP contribution in [0.3, 0.4) is 0 Å². The van der Waals surface area contributed by atoms with Gasteiger partial charge in [0.15, 0.2) is 5.78 Å². The first-order chi connectivity index (χ1) is 14.3. The Morgan fingerprint density at radius 3 is 1.87 bits per heavy atom. The van der Waals surface area contributed by atoms with Gasteiger partial charge in [-0.15, -0.1) is 0 Å². The average Bonchev–Trinajstić information content (AvgIpc) is 3.20. The molecule has 4 aliphatic rings. The van der Waals surface area contributed by atoms with Gasteiger partial charge in [-0.1, -0.05) is 32.4 Å².